The van der Waals surface area contributed by atoms with Gasteiger partial charge in [-0.2, -0.15) is 5.10 Å². The van der Waals surface area contributed by atoms with E-state index in [1.165, 1.54) is 14.2 Å². The summed E-state index contributed by atoms with van der Waals surface area (Å²) in [6.45, 7) is 1.77. The van der Waals surface area contributed by atoms with E-state index in [0.29, 0.717) is 28.5 Å². The molecule has 0 atom stereocenters. The van der Waals surface area contributed by atoms with Crippen molar-refractivity contribution in [1.82, 2.24) is 10.4 Å². The fourth-order valence-corrected chi connectivity index (χ4v) is 1.77. The molecule has 0 aliphatic rings. The molecule has 114 valence electrons. The molecule has 0 saturated carbocycles. The van der Waals surface area contributed by atoms with Crippen LogP contribution in [0.4, 0.5) is 0 Å². The van der Waals surface area contributed by atoms with Crippen molar-refractivity contribution in [2.24, 2.45) is 5.10 Å². The van der Waals surface area contributed by atoms with Gasteiger partial charge >= 0.3 is 0 Å². The van der Waals surface area contributed by atoms with E-state index >= 15 is 0 Å². The van der Waals surface area contributed by atoms with Crippen molar-refractivity contribution in [2.45, 2.75) is 6.92 Å². The summed E-state index contributed by atoms with van der Waals surface area (Å²) in [6.07, 6.45) is 1.67. The lowest BCUT2D eigenvalue weighted by molar-refractivity contribution is 0.0954. The van der Waals surface area contributed by atoms with E-state index < -0.39 is 0 Å². The summed E-state index contributed by atoms with van der Waals surface area (Å²) in [7, 11) is 3.06. The third-order valence-electron chi connectivity index (χ3n) is 2.97. The van der Waals surface area contributed by atoms with Crippen LogP contribution in [-0.4, -0.2) is 30.8 Å². The van der Waals surface area contributed by atoms with Gasteiger partial charge in [0.25, 0.3) is 5.91 Å². The van der Waals surface area contributed by atoms with Gasteiger partial charge in [-0.3, -0.25) is 9.78 Å². The zero-order valence-electron chi connectivity index (χ0n) is 12.7. The van der Waals surface area contributed by atoms with Crippen molar-refractivity contribution in [2.75, 3.05) is 14.2 Å². The van der Waals surface area contributed by atoms with Crippen LogP contribution in [0.15, 0.2) is 47.7 Å². The highest BCUT2D eigenvalue weighted by molar-refractivity contribution is 5.99. The van der Waals surface area contributed by atoms with E-state index in [2.05, 4.69) is 15.5 Å². The molecule has 0 fully saturated rings. The predicted molar refractivity (Wildman–Crippen MR) is 83.5 cm³/mol. The van der Waals surface area contributed by atoms with Crippen molar-refractivity contribution in [1.29, 1.82) is 0 Å². The topological polar surface area (TPSA) is 72.8 Å². The summed E-state index contributed by atoms with van der Waals surface area (Å²) < 4.78 is 10.3. The average molecular weight is 299 g/mol. The lowest BCUT2D eigenvalue weighted by Gasteiger charge is -2.07. The minimum atomic E-state index is -0.354. The highest BCUT2D eigenvalue weighted by atomic mass is 16.5. The Bertz CT molecular complexity index is 662. The lowest BCUT2D eigenvalue weighted by atomic mass is 10.2. The first-order valence-corrected chi connectivity index (χ1v) is 6.63. The lowest BCUT2D eigenvalue weighted by Crippen LogP contribution is -2.19. The number of nitrogens with zero attached hydrogens (tertiary/aromatic N) is 2. The molecule has 0 aliphatic heterocycles. The number of hydrazone groups is 1. The van der Waals surface area contributed by atoms with Crippen molar-refractivity contribution in [3.05, 3.63) is 53.9 Å². The Morgan fingerprint density at radius 1 is 1.14 bits per heavy atom. The Morgan fingerprint density at radius 2 is 1.82 bits per heavy atom. The zero-order valence-corrected chi connectivity index (χ0v) is 12.7. The molecule has 2 aromatic rings. The predicted octanol–water partition coefficient (Wildman–Crippen LogP) is 2.25. The molecule has 0 bridgehead atoms. The number of pyridine rings is 1. The van der Waals surface area contributed by atoms with Crippen molar-refractivity contribution >= 4 is 11.6 Å². The van der Waals surface area contributed by atoms with Crippen LogP contribution in [0.2, 0.25) is 0 Å². The van der Waals surface area contributed by atoms with E-state index in [0.717, 1.165) is 0 Å². The Balaban J connectivity index is 2.15. The second kappa shape index (κ2) is 7.21. The maximum absolute atomic E-state index is 12.2. The minimum Gasteiger partial charge on any atom is -0.497 e. The Hall–Kier alpha value is -2.89. The second-order valence-corrected chi connectivity index (χ2v) is 4.45. The smallest absolute Gasteiger partial charge is 0.271 e. The molecule has 1 N–H and O–H groups in total. The molecular formula is C16H17N3O3. The SMILES string of the molecule is COc1cc(OC)cc(C(=O)N/N=C(\C)c2ccccn2)c1. The quantitative estimate of drug-likeness (QED) is 0.679. The second-order valence-electron chi connectivity index (χ2n) is 4.45. The number of hydrogen-bond donors (Lipinski definition) is 1. The number of nitrogens with one attached hydrogen (secondary N) is 1. The first-order valence-electron chi connectivity index (χ1n) is 6.63. The third-order valence-corrected chi connectivity index (χ3v) is 2.97. The van der Waals surface area contributed by atoms with Crippen molar-refractivity contribution in [3.63, 3.8) is 0 Å². The zero-order chi connectivity index (χ0) is 15.9. The molecule has 1 heterocycles. The molecule has 1 aromatic carbocycles. The monoisotopic (exact) mass is 299 g/mol. The molecule has 6 nitrogen and oxygen atoms in total. The Kier molecular flexibility index (Phi) is 5.08. The third kappa shape index (κ3) is 3.82. The number of amides is 1. The molecule has 0 aliphatic carbocycles. The summed E-state index contributed by atoms with van der Waals surface area (Å²) in [6, 6.07) is 10.4. The van der Waals surface area contributed by atoms with Crippen molar-refractivity contribution in [3.8, 4) is 11.5 Å². The van der Waals surface area contributed by atoms with E-state index in [4.69, 9.17) is 9.47 Å². The van der Waals surface area contributed by atoms with Gasteiger partial charge in [0.15, 0.2) is 0 Å². The largest absolute Gasteiger partial charge is 0.497 e. The van der Waals surface area contributed by atoms with Gasteiger partial charge in [0, 0.05) is 17.8 Å². The van der Waals surface area contributed by atoms with Crippen LogP contribution < -0.4 is 14.9 Å². The van der Waals surface area contributed by atoms with Gasteiger partial charge < -0.3 is 9.47 Å². The molecule has 0 saturated heterocycles. The molecule has 1 aromatic heterocycles. The molecule has 2 rings (SSSR count). The summed E-state index contributed by atoms with van der Waals surface area (Å²) in [5, 5.41) is 4.05. The van der Waals surface area contributed by atoms with Crippen LogP contribution in [0.5, 0.6) is 11.5 Å². The van der Waals surface area contributed by atoms with Crippen LogP contribution in [0.25, 0.3) is 0 Å². The fourth-order valence-electron chi connectivity index (χ4n) is 1.77. The number of rotatable bonds is 5. The molecular weight excluding hydrogens is 282 g/mol. The van der Waals surface area contributed by atoms with Crippen LogP contribution in [0.1, 0.15) is 23.0 Å². The molecule has 1 amide bonds. The number of carbonyl (C=O) groups excluding carboxylic acids is 1. The summed E-state index contributed by atoms with van der Waals surface area (Å²) in [5.41, 5.74) is 4.21. The normalized spacial score (nSPS) is 11.0. The van der Waals surface area contributed by atoms with Crippen LogP contribution in [0.3, 0.4) is 0 Å². The molecule has 0 spiro atoms. The van der Waals surface area contributed by atoms with Crippen LogP contribution in [0, 0.1) is 0 Å². The molecule has 22 heavy (non-hydrogen) atoms. The van der Waals surface area contributed by atoms with E-state index in [1.54, 1.807) is 31.3 Å². The maximum atomic E-state index is 12.2. The summed E-state index contributed by atoms with van der Waals surface area (Å²) in [4.78, 5) is 16.3. The van der Waals surface area contributed by atoms with Crippen LogP contribution in [-0.2, 0) is 0 Å². The standard InChI is InChI=1S/C16H17N3O3/c1-11(15-6-4-5-7-17-15)18-19-16(20)12-8-13(21-2)10-14(9-12)22-3/h4-10H,1-3H3,(H,19,20)/b18-11+. The van der Waals surface area contributed by atoms with Gasteiger partial charge in [-0.05, 0) is 31.2 Å². The maximum Gasteiger partial charge on any atom is 0.271 e. The number of aromatic nitrogens is 1. The summed E-state index contributed by atoms with van der Waals surface area (Å²) >= 11 is 0. The highest BCUT2D eigenvalue weighted by Crippen LogP contribution is 2.22. The molecule has 0 radical (unpaired) electrons. The minimum absolute atomic E-state index is 0.354. The Labute approximate surface area is 128 Å². The number of ether oxygens (including phenoxy) is 2. The van der Waals surface area contributed by atoms with Crippen molar-refractivity contribution < 1.29 is 14.3 Å². The van der Waals surface area contributed by atoms with Gasteiger partial charge in [0.2, 0.25) is 0 Å². The van der Waals surface area contributed by atoms with Crippen LogP contribution >= 0.6 is 0 Å². The average Bonchev–Trinajstić information content (AvgIpc) is 2.59. The van der Waals surface area contributed by atoms with Gasteiger partial charge in [0.05, 0.1) is 25.6 Å². The first-order chi connectivity index (χ1) is 10.6. The number of carbonyl (C=O) groups is 1. The fraction of sp³-hybridized carbons (Fsp3) is 0.188. The van der Waals surface area contributed by atoms with Gasteiger partial charge in [-0.15, -0.1) is 0 Å². The Morgan fingerprint density at radius 3 is 2.36 bits per heavy atom. The summed E-state index contributed by atoms with van der Waals surface area (Å²) in [5.74, 6) is 0.720. The molecule has 6 heteroatoms. The molecule has 0 unspecified atom stereocenters. The van der Waals surface area contributed by atoms with E-state index in [1.807, 2.05) is 18.2 Å². The number of hydrogen-bond acceptors (Lipinski definition) is 5. The van der Waals surface area contributed by atoms with Gasteiger partial charge in [-0.25, -0.2) is 5.43 Å². The first kappa shape index (κ1) is 15.5. The number of methoxy groups -OCH3 is 2. The van der Waals surface area contributed by atoms with Gasteiger partial charge in [-0.1, -0.05) is 6.07 Å². The van der Waals surface area contributed by atoms with Gasteiger partial charge in [0.1, 0.15) is 11.5 Å². The number of benzene rings is 1. The van der Waals surface area contributed by atoms with E-state index in [9.17, 15) is 4.79 Å². The highest BCUT2D eigenvalue weighted by Gasteiger charge is 2.09. The van der Waals surface area contributed by atoms with E-state index in [-0.39, 0.29) is 5.91 Å².